The van der Waals surface area contributed by atoms with Crippen molar-refractivity contribution in [1.29, 1.82) is 0 Å². The van der Waals surface area contributed by atoms with E-state index in [1.807, 2.05) is 12.1 Å². The lowest BCUT2D eigenvalue weighted by atomic mass is 10.0. The summed E-state index contributed by atoms with van der Waals surface area (Å²) in [5.74, 6) is 0.943. The maximum Gasteiger partial charge on any atom is 0.191 e. The largest absolute Gasteiger partial charge is 0.379 e. The zero-order chi connectivity index (χ0) is 20.6. The zero-order valence-corrected chi connectivity index (χ0v) is 20.9. The molecule has 0 radical (unpaired) electrons. The second-order valence-corrected chi connectivity index (χ2v) is 8.29. The van der Waals surface area contributed by atoms with E-state index in [1.54, 1.807) is 18.4 Å². The molecule has 1 aromatic carbocycles. The number of hydrogen-bond donors (Lipinski definition) is 2. The van der Waals surface area contributed by atoms with Crippen LogP contribution in [0.2, 0.25) is 0 Å². The molecular formula is C21H31FIN5OS. The van der Waals surface area contributed by atoms with Crippen LogP contribution in [-0.2, 0) is 11.3 Å². The van der Waals surface area contributed by atoms with Crippen LogP contribution in [0.1, 0.15) is 42.1 Å². The fourth-order valence-corrected chi connectivity index (χ4v) is 4.17. The summed E-state index contributed by atoms with van der Waals surface area (Å²) in [6.45, 7) is 8.73. The Hall–Kier alpha value is -1.30. The predicted molar refractivity (Wildman–Crippen MR) is 131 cm³/mol. The lowest BCUT2D eigenvalue weighted by molar-refractivity contribution is 0.0170. The van der Waals surface area contributed by atoms with Gasteiger partial charge in [0.2, 0.25) is 0 Å². The summed E-state index contributed by atoms with van der Waals surface area (Å²) in [5.41, 5.74) is 2.20. The van der Waals surface area contributed by atoms with Gasteiger partial charge in [-0.25, -0.2) is 9.37 Å². The molecule has 1 saturated heterocycles. The van der Waals surface area contributed by atoms with Crippen molar-refractivity contribution in [3.63, 3.8) is 0 Å². The molecule has 1 aromatic heterocycles. The topological polar surface area (TPSA) is 61.8 Å². The maximum atomic E-state index is 13.4. The maximum absolute atomic E-state index is 13.4. The summed E-state index contributed by atoms with van der Waals surface area (Å²) in [6.07, 6.45) is 0. The minimum Gasteiger partial charge on any atom is -0.379 e. The number of halogens is 2. The highest BCUT2D eigenvalue weighted by atomic mass is 127. The van der Waals surface area contributed by atoms with Crippen molar-refractivity contribution in [3.05, 3.63) is 51.7 Å². The Bertz CT molecular complexity index is 793. The van der Waals surface area contributed by atoms with E-state index in [9.17, 15) is 4.39 Å². The number of thiazole rings is 1. The van der Waals surface area contributed by atoms with E-state index < -0.39 is 0 Å². The molecule has 9 heteroatoms. The average molecular weight is 547 g/mol. The van der Waals surface area contributed by atoms with Crippen LogP contribution in [0.4, 0.5) is 4.39 Å². The lowest BCUT2D eigenvalue weighted by Gasteiger charge is -2.35. The Kier molecular flexibility index (Phi) is 10.4. The third kappa shape index (κ3) is 7.14. The number of guanidine groups is 1. The van der Waals surface area contributed by atoms with Crippen molar-refractivity contribution in [2.24, 2.45) is 4.99 Å². The highest BCUT2D eigenvalue weighted by molar-refractivity contribution is 14.0. The van der Waals surface area contributed by atoms with Crippen LogP contribution in [0.5, 0.6) is 0 Å². The van der Waals surface area contributed by atoms with Gasteiger partial charge in [-0.15, -0.1) is 35.3 Å². The summed E-state index contributed by atoms with van der Waals surface area (Å²) < 4.78 is 18.9. The molecule has 1 fully saturated rings. The van der Waals surface area contributed by atoms with Gasteiger partial charge in [0.25, 0.3) is 0 Å². The van der Waals surface area contributed by atoms with Crippen molar-refractivity contribution in [1.82, 2.24) is 20.5 Å². The fourth-order valence-electron chi connectivity index (χ4n) is 3.28. The Morgan fingerprint density at radius 2 is 1.93 bits per heavy atom. The molecular weight excluding hydrogens is 516 g/mol. The molecule has 0 aliphatic carbocycles. The molecule has 2 heterocycles. The van der Waals surface area contributed by atoms with Crippen LogP contribution in [-0.4, -0.2) is 55.7 Å². The van der Waals surface area contributed by atoms with Crippen LogP contribution < -0.4 is 10.6 Å². The number of hydrogen-bond acceptors (Lipinski definition) is 5. The third-order valence-corrected chi connectivity index (χ3v) is 5.86. The second-order valence-electron chi connectivity index (χ2n) is 7.34. The quantitative estimate of drug-likeness (QED) is 0.314. The van der Waals surface area contributed by atoms with Crippen LogP contribution in [0.15, 0.2) is 34.6 Å². The number of nitrogens with zero attached hydrogens (tertiary/aromatic N) is 3. The molecule has 6 nitrogen and oxygen atoms in total. The first-order valence-electron chi connectivity index (χ1n) is 10.0. The molecule has 0 saturated carbocycles. The number of benzene rings is 1. The van der Waals surface area contributed by atoms with Crippen LogP contribution in [0.25, 0.3) is 0 Å². The van der Waals surface area contributed by atoms with E-state index in [2.05, 4.69) is 44.7 Å². The summed E-state index contributed by atoms with van der Waals surface area (Å²) in [4.78, 5) is 11.4. The number of aliphatic imine (C=N–C) groups is 1. The van der Waals surface area contributed by atoms with Crippen molar-refractivity contribution in [2.45, 2.75) is 32.4 Å². The summed E-state index contributed by atoms with van der Waals surface area (Å²) in [6, 6.07) is 6.87. The smallest absolute Gasteiger partial charge is 0.191 e. The predicted octanol–water partition coefficient (Wildman–Crippen LogP) is 3.76. The first kappa shape index (κ1) is 25.0. The standard InChI is InChI=1S/C21H30FN5OS.HI/c1-15(2)18-14-29-20(26-18)13-25-21(23-3)24-12-19(27-8-10-28-11-9-27)16-4-6-17(22)7-5-16;/h4-7,14-15,19H,8-13H2,1-3H3,(H2,23,24,25);1H. The molecule has 2 N–H and O–H groups in total. The number of ether oxygens (including phenoxy) is 1. The molecule has 1 aliphatic rings. The molecule has 1 aliphatic heterocycles. The Morgan fingerprint density at radius 3 is 2.53 bits per heavy atom. The normalized spacial score (nSPS) is 16.2. The molecule has 1 unspecified atom stereocenters. The van der Waals surface area contributed by atoms with Crippen LogP contribution in [0.3, 0.4) is 0 Å². The van der Waals surface area contributed by atoms with Gasteiger partial charge in [0, 0.05) is 32.1 Å². The number of aromatic nitrogens is 1. The average Bonchev–Trinajstić information content (AvgIpc) is 3.22. The summed E-state index contributed by atoms with van der Waals surface area (Å²) in [7, 11) is 1.76. The Morgan fingerprint density at radius 1 is 1.23 bits per heavy atom. The van der Waals surface area contributed by atoms with E-state index in [0.717, 1.165) is 35.3 Å². The minimum atomic E-state index is -0.218. The van der Waals surface area contributed by atoms with E-state index in [4.69, 9.17) is 4.74 Å². The first-order chi connectivity index (χ1) is 14.1. The molecule has 0 spiro atoms. The summed E-state index contributed by atoms with van der Waals surface area (Å²) >= 11 is 1.66. The molecule has 3 rings (SSSR count). The van der Waals surface area contributed by atoms with E-state index in [1.165, 1.54) is 12.1 Å². The van der Waals surface area contributed by atoms with E-state index in [0.29, 0.717) is 32.2 Å². The third-order valence-electron chi connectivity index (χ3n) is 5.00. The molecule has 166 valence electrons. The van der Waals surface area contributed by atoms with Gasteiger partial charge in [-0.2, -0.15) is 0 Å². The van der Waals surface area contributed by atoms with Gasteiger partial charge in [-0.3, -0.25) is 9.89 Å². The van der Waals surface area contributed by atoms with Gasteiger partial charge < -0.3 is 15.4 Å². The van der Waals surface area contributed by atoms with E-state index in [-0.39, 0.29) is 35.8 Å². The van der Waals surface area contributed by atoms with Crippen LogP contribution in [0, 0.1) is 5.82 Å². The second kappa shape index (κ2) is 12.5. The number of nitrogens with one attached hydrogen (secondary N) is 2. The first-order valence-corrected chi connectivity index (χ1v) is 10.9. The minimum absolute atomic E-state index is 0. The van der Waals surface area contributed by atoms with Gasteiger partial charge >= 0.3 is 0 Å². The summed E-state index contributed by atoms with van der Waals surface area (Å²) in [5, 5.41) is 9.91. The highest BCUT2D eigenvalue weighted by Gasteiger charge is 2.23. The molecule has 30 heavy (non-hydrogen) atoms. The highest BCUT2D eigenvalue weighted by Crippen LogP contribution is 2.22. The molecule has 0 amide bonds. The van der Waals surface area contributed by atoms with Gasteiger partial charge in [-0.1, -0.05) is 26.0 Å². The molecule has 2 aromatic rings. The Balaban J connectivity index is 0.00000320. The van der Waals surface area contributed by atoms with Crippen molar-refractivity contribution in [2.75, 3.05) is 39.9 Å². The van der Waals surface area contributed by atoms with Crippen molar-refractivity contribution < 1.29 is 9.13 Å². The monoisotopic (exact) mass is 547 g/mol. The number of rotatable bonds is 7. The SMILES string of the molecule is CN=C(NCc1nc(C(C)C)cs1)NCC(c1ccc(F)cc1)N1CCOCC1.I. The van der Waals surface area contributed by atoms with Gasteiger partial charge in [0.15, 0.2) is 5.96 Å². The van der Waals surface area contributed by atoms with E-state index >= 15 is 0 Å². The fraction of sp³-hybridized carbons (Fsp3) is 0.524. The van der Waals surface area contributed by atoms with Crippen molar-refractivity contribution in [3.8, 4) is 0 Å². The van der Waals surface area contributed by atoms with Gasteiger partial charge in [-0.05, 0) is 23.6 Å². The lowest BCUT2D eigenvalue weighted by Crippen LogP contribution is -2.46. The molecule has 0 bridgehead atoms. The van der Waals surface area contributed by atoms with Gasteiger partial charge in [0.05, 0.1) is 31.5 Å². The van der Waals surface area contributed by atoms with Crippen molar-refractivity contribution >= 4 is 41.3 Å². The Labute approximate surface area is 199 Å². The molecule has 1 atom stereocenters. The van der Waals surface area contributed by atoms with Gasteiger partial charge in [0.1, 0.15) is 10.8 Å². The zero-order valence-electron chi connectivity index (χ0n) is 17.7. The van der Waals surface area contributed by atoms with Crippen LogP contribution >= 0.6 is 35.3 Å². The number of morpholine rings is 1.